The number of amides is 1. The first-order valence-corrected chi connectivity index (χ1v) is 7.34. The molecule has 1 aliphatic heterocycles. The van der Waals surface area contributed by atoms with E-state index in [1.54, 1.807) is 48.5 Å². The lowest BCUT2D eigenvalue weighted by molar-refractivity contribution is -0.144. The standard InChI is InChI=1S/C18H14N2O4/c19-9-13-5-7-14(8-6-13)11-24-18(22)10-20-15-3-1-2-4-16(15)23-12-17(20)21/h1-8H,10-12H2. The lowest BCUT2D eigenvalue weighted by atomic mass is 10.2. The molecule has 120 valence electrons. The van der Waals surface area contributed by atoms with Crippen LogP contribution in [-0.4, -0.2) is 25.0 Å². The molecule has 24 heavy (non-hydrogen) atoms. The number of ether oxygens (including phenoxy) is 2. The SMILES string of the molecule is N#Cc1ccc(COC(=O)CN2C(=O)COc3ccccc32)cc1. The molecule has 2 aromatic rings. The average Bonchev–Trinajstić information content (AvgIpc) is 2.63. The molecular formula is C18H14N2O4. The molecule has 0 saturated heterocycles. The van der Waals surface area contributed by atoms with E-state index in [1.165, 1.54) is 4.90 Å². The number of para-hydroxylation sites is 2. The second-order valence-corrected chi connectivity index (χ2v) is 5.21. The number of fused-ring (bicyclic) bond motifs is 1. The molecule has 0 atom stereocenters. The Morgan fingerprint density at radius 1 is 1.21 bits per heavy atom. The number of hydrogen-bond acceptors (Lipinski definition) is 5. The largest absolute Gasteiger partial charge is 0.482 e. The average molecular weight is 322 g/mol. The predicted molar refractivity (Wildman–Crippen MR) is 85.2 cm³/mol. The van der Waals surface area contributed by atoms with E-state index >= 15 is 0 Å². The maximum absolute atomic E-state index is 12.1. The van der Waals surface area contributed by atoms with Crippen LogP contribution in [-0.2, 0) is 20.9 Å². The molecule has 0 unspecified atom stereocenters. The van der Waals surface area contributed by atoms with Gasteiger partial charge in [-0.3, -0.25) is 14.5 Å². The summed E-state index contributed by atoms with van der Waals surface area (Å²) in [5, 5.41) is 8.75. The maximum atomic E-state index is 12.1. The van der Waals surface area contributed by atoms with Crippen LogP contribution in [0.1, 0.15) is 11.1 Å². The van der Waals surface area contributed by atoms with Gasteiger partial charge in [-0.1, -0.05) is 24.3 Å². The van der Waals surface area contributed by atoms with Crippen molar-refractivity contribution in [1.82, 2.24) is 0 Å². The molecule has 1 aliphatic rings. The van der Waals surface area contributed by atoms with E-state index in [2.05, 4.69) is 0 Å². The van der Waals surface area contributed by atoms with Gasteiger partial charge in [0.25, 0.3) is 5.91 Å². The van der Waals surface area contributed by atoms with Crippen molar-refractivity contribution in [3.05, 3.63) is 59.7 Å². The molecule has 2 aromatic carbocycles. The minimum atomic E-state index is -0.510. The van der Waals surface area contributed by atoms with Crippen molar-refractivity contribution >= 4 is 17.6 Å². The van der Waals surface area contributed by atoms with Crippen LogP contribution in [0.4, 0.5) is 5.69 Å². The summed E-state index contributed by atoms with van der Waals surface area (Å²) in [6.07, 6.45) is 0. The molecule has 0 spiro atoms. The third-order valence-corrected chi connectivity index (χ3v) is 3.58. The van der Waals surface area contributed by atoms with Crippen molar-refractivity contribution in [1.29, 1.82) is 5.26 Å². The molecule has 6 nitrogen and oxygen atoms in total. The molecule has 3 rings (SSSR count). The Morgan fingerprint density at radius 3 is 2.71 bits per heavy atom. The third kappa shape index (κ3) is 3.36. The number of carbonyl (C=O) groups excluding carboxylic acids is 2. The Bertz CT molecular complexity index is 809. The number of benzene rings is 2. The van der Waals surface area contributed by atoms with Crippen LogP contribution in [0.15, 0.2) is 48.5 Å². The third-order valence-electron chi connectivity index (χ3n) is 3.58. The van der Waals surface area contributed by atoms with Crippen LogP contribution < -0.4 is 9.64 Å². The molecule has 0 fully saturated rings. The van der Waals surface area contributed by atoms with Crippen molar-refractivity contribution in [2.45, 2.75) is 6.61 Å². The van der Waals surface area contributed by atoms with Gasteiger partial charge in [0.1, 0.15) is 18.9 Å². The summed E-state index contributed by atoms with van der Waals surface area (Å²) in [6, 6.07) is 15.8. The fourth-order valence-electron chi connectivity index (χ4n) is 2.34. The smallest absolute Gasteiger partial charge is 0.326 e. The highest BCUT2D eigenvalue weighted by Gasteiger charge is 2.27. The first-order valence-electron chi connectivity index (χ1n) is 7.34. The number of rotatable bonds is 4. The van der Waals surface area contributed by atoms with Gasteiger partial charge in [0.2, 0.25) is 0 Å². The molecule has 0 N–H and O–H groups in total. The highest BCUT2D eigenvalue weighted by Crippen LogP contribution is 2.31. The fraction of sp³-hybridized carbons (Fsp3) is 0.167. The Balaban J connectivity index is 1.62. The molecular weight excluding hydrogens is 308 g/mol. The van der Waals surface area contributed by atoms with E-state index in [1.807, 2.05) is 6.07 Å². The van der Waals surface area contributed by atoms with Crippen LogP contribution >= 0.6 is 0 Å². The topological polar surface area (TPSA) is 79.6 Å². The Kier molecular flexibility index (Phi) is 4.43. The van der Waals surface area contributed by atoms with Gasteiger partial charge in [-0.2, -0.15) is 5.26 Å². The van der Waals surface area contributed by atoms with E-state index in [-0.39, 0.29) is 25.7 Å². The monoisotopic (exact) mass is 322 g/mol. The van der Waals surface area contributed by atoms with E-state index in [0.717, 1.165) is 5.56 Å². The first kappa shape index (κ1) is 15.6. The molecule has 1 heterocycles. The second kappa shape index (κ2) is 6.84. The molecule has 0 radical (unpaired) electrons. The van der Waals surface area contributed by atoms with Gasteiger partial charge in [-0.15, -0.1) is 0 Å². The first-order chi connectivity index (χ1) is 11.7. The molecule has 0 aliphatic carbocycles. The van der Waals surface area contributed by atoms with E-state index in [0.29, 0.717) is 17.0 Å². The van der Waals surface area contributed by atoms with Crippen molar-refractivity contribution in [2.24, 2.45) is 0 Å². The van der Waals surface area contributed by atoms with Gasteiger partial charge in [-0.25, -0.2) is 0 Å². The van der Waals surface area contributed by atoms with Crippen LogP contribution in [0, 0.1) is 11.3 Å². The van der Waals surface area contributed by atoms with Gasteiger partial charge in [0.15, 0.2) is 6.61 Å². The van der Waals surface area contributed by atoms with Crippen LogP contribution in [0.3, 0.4) is 0 Å². The predicted octanol–water partition coefficient (Wildman–Crippen LogP) is 2.03. The molecule has 6 heteroatoms. The number of nitrogens with zero attached hydrogens (tertiary/aromatic N) is 2. The normalized spacial score (nSPS) is 12.8. The van der Waals surface area contributed by atoms with Gasteiger partial charge >= 0.3 is 5.97 Å². The Hall–Kier alpha value is -3.33. The summed E-state index contributed by atoms with van der Waals surface area (Å²) in [7, 11) is 0. The fourth-order valence-corrected chi connectivity index (χ4v) is 2.34. The molecule has 0 aromatic heterocycles. The summed E-state index contributed by atoms with van der Waals surface area (Å²) in [5.74, 6) is -0.231. The summed E-state index contributed by atoms with van der Waals surface area (Å²) in [5.41, 5.74) is 1.88. The Labute approximate surface area is 138 Å². The van der Waals surface area contributed by atoms with Crippen LogP contribution in [0.2, 0.25) is 0 Å². The number of nitriles is 1. The van der Waals surface area contributed by atoms with Crippen molar-refractivity contribution in [2.75, 3.05) is 18.1 Å². The van der Waals surface area contributed by atoms with Crippen molar-refractivity contribution in [3.63, 3.8) is 0 Å². The lowest BCUT2D eigenvalue weighted by Gasteiger charge is -2.28. The van der Waals surface area contributed by atoms with E-state index < -0.39 is 5.97 Å². The minimum absolute atomic E-state index is 0.0880. The molecule has 1 amide bonds. The highest BCUT2D eigenvalue weighted by atomic mass is 16.5. The number of esters is 1. The Morgan fingerprint density at radius 2 is 1.96 bits per heavy atom. The second-order valence-electron chi connectivity index (χ2n) is 5.21. The highest BCUT2D eigenvalue weighted by molar-refractivity contribution is 6.01. The summed E-state index contributed by atoms with van der Waals surface area (Å²) in [6.45, 7) is -0.180. The number of anilines is 1. The van der Waals surface area contributed by atoms with Crippen LogP contribution in [0.25, 0.3) is 0 Å². The zero-order chi connectivity index (χ0) is 16.9. The maximum Gasteiger partial charge on any atom is 0.326 e. The van der Waals surface area contributed by atoms with E-state index in [4.69, 9.17) is 14.7 Å². The quantitative estimate of drug-likeness (QED) is 0.805. The zero-order valence-electron chi connectivity index (χ0n) is 12.8. The van der Waals surface area contributed by atoms with Gasteiger partial charge in [0.05, 0.1) is 17.3 Å². The number of hydrogen-bond donors (Lipinski definition) is 0. The van der Waals surface area contributed by atoms with Gasteiger partial charge < -0.3 is 9.47 Å². The van der Waals surface area contributed by atoms with Crippen molar-refractivity contribution < 1.29 is 19.1 Å². The zero-order valence-corrected chi connectivity index (χ0v) is 12.8. The molecule has 0 saturated carbocycles. The summed E-state index contributed by atoms with van der Waals surface area (Å²) in [4.78, 5) is 25.4. The van der Waals surface area contributed by atoms with E-state index in [9.17, 15) is 9.59 Å². The number of carbonyl (C=O) groups is 2. The van der Waals surface area contributed by atoms with Gasteiger partial charge in [-0.05, 0) is 29.8 Å². The molecule has 0 bridgehead atoms. The summed E-state index contributed by atoms with van der Waals surface area (Å²) < 4.78 is 10.5. The minimum Gasteiger partial charge on any atom is -0.482 e. The van der Waals surface area contributed by atoms with Crippen molar-refractivity contribution in [3.8, 4) is 11.8 Å². The summed E-state index contributed by atoms with van der Waals surface area (Å²) >= 11 is 0. The van der Waals surface area contributed by atoms with Gasteiger partial charge in [0, 0.05) is 0 Å². The lowest BCUT2D eigenvalue weighted by Crippen LogP contribution is -2.42. The van der Waals surface area contributed by atoms with Crippen LogP contribution in [0.5, 0.6) is 5.75 Å².